The second-order valence-corrected chi connectivity index (χ2v) is 12.1. The van der Waals surface area contributed by atoms with E-state index in [-0.39, 0.29) is 3.57 Å². The molecule has 1 aromatic rings. The van der Waals surface area contributed by atoms with Crippen molar-refractivity contribution in [1.82, 2.24) is 9.55 Å². The van der Waals surface area contributed by atoms with E-state index in [9.17, 15) is 48.9 Å². The first-order valence-electron chi connectivity index (χ1n) is 10.2. The highest BCUT2D eigenvalue weighted by Crippen LogP contribution is 2.61. The average molecular weight is 691 g/mol. The van der Waals surface area contributed by atoms with Crippen LogP contribution in [0, 0.1) is 3.57 Å². The molecule has 0 radical (unpaired) electrons. The lowest BCUT2D eigenvalue weighted by Gasteiger charge is -2.40. The van der Waals surface area contributed by atoms with Crippen LogP contribution in [-0.2, 0) is 32.0 Å². The molecule has 11 atom stereocenters. The quantitative estimate of drug-likeness (QED) is 0.0875. The average Bonchev–Trinajstić information content (AvgIpc) is 3.08. The summed E-state index contributed by atoms with van der Waals surface area (Å²) < 4.78 is 48.8. The van der Waals surface area contributed by atoms with Crippen molar-refractivity contribution in [2.75, 3.05) is 13.2 Å². The predicted octanol–water partition coefficient (Wildman–Crippen LogP) is -4.22. The van der Waals surface area contributed by atoms with Crippen molar-refractivity contribution in [2.45, 2.75) is 55.2 Å². The van der Waals surface area contributed by atoms with Gasteiger partial charge >= 0.3 is 21.3 Å². The highest BCUT2D eigenvalue weighted by Gasteiger charge is 2.49. The van der Waals surface area contributed by atoms with E-state index in [2.05, 4.69) is 13.4 Å². The van der Waals surface area contributed by atoms with E-state index in [0.29, 0.717) is 0 Å². The number of aliphatic hydroxyl groups is 5. The Bertz CT molecular complexity index is 1180. The highest BCUT2D eigenvalue weighted by atomic mass is 127. The number of ether oxygens (including phenoxy) is 2. The number of hydrogen-bond acceptors (Lipinski definition) is 15. The van der Waals surface area contributed by atoms with Gasteiger partial charge in [-0.25, -0.2) is 13.9 Å². The van der Waals surface area contributed by atoms with Gasteiger partial charge in [-0.05, 0) is 22.6 Å². The van der Waals surface area contributed by atoms with E-state index >= 15 is 0 Å². The van der Waals surface area contributed by atoms with E-state index in [1.807, 2.05) is 4.98 Å². The number of nitrogens with two attached hydrogens (primary N) is 1. The van der Waals surface area contributed by atoms with Gasteiger partial charge in [0.25, 0.3) is 5.56 Å². The Morgan fingerprint density at radius 1 is 1.03 bits per heavy atom. The summed E-state index contributed by atoms with van der Waals surface area (Å²) in [6, 6.07) is -1.64. The summed E-state index contributed by atoms with van der Waals surface area (Å²) in [5.74, 6) is 0. The Hall–Kier alpha value is -0.650. The second-order valence-electron chi connectivity index (χ2n) is 7.89. The first kappa shape index (κ1) is 30.9. The summed E-state index contributed by atoms with van der Waals surface area (Å²) in [6.07, 6.45) is -12.5. The summed E-state index contributed by atoms with van der Waals surface area (Å²) >= 11 is 1.60. The minimum atomic E-state index is -5.52. The van der Waals surface area contributed by atoms with Gasteiger partial charge in [-0.3, -0.25) is 23.4 Å². The third-order valence-electron chi connectivity index (χ3n) is 5.31. The molecule has 0 aliphatic carbocycles. The van der Waals surface area contributed by atoms with Crippen molar-refractivity contribution in [3.63, 3.8) is 0 Å². The Balaban J connectivity index is 1.63. The van der Waals surface area contributed by atoms with E-state index in [4.69, 9.17) is 20.3 Å². The molecule has 0 spiro atoms. The smallest absolute Gasteiger partial charge is 0.394 e. The second kappa shape index (κ2) is 11.8. The third-order valence-corrected chi connectivity index (χ3v) is 8.68. The van der Waals surface area contributed by atoms with Crippen LogP contribution in [0.1, 0.15) is 6.23 Å². The van der Waals surface area contributed by atoms with Gasteiger partial charge in [0.15, 0.2) is 12.5 Å². The van der Waals surface area contributed by atoms with Gasteiger partial charge in [0.1, 0.15) is 36.6 Å². The number of phosphoric acid groups is 2. The Morgan fingerprint density at radius 2 is 1.65 bits per heavy atom. The van der Waals surface area contributed by atoms with Gasteiger partial charge in [0.05, 0.1) is 22.8 Å². The molecule has 0 saturated carbocycles. The molecule has 2 unspecified atom stereocenters. The van der Waals surface area contributed by atoms with Crippen LogP contribution in [0.25, 0.3) is 0 Å². The number of aromatic amines is 1. The number of phosphoric ester groups is 2. The molecule has 3 rings (SSSR count). The number of aliphatic hydroxyl groups excluding tert-OH is 5. The maximum atomic E-state index is 12.2. The van der Waals surface area contributed by atoms with E-state index in [1.165, 1.54) is 0 Å². The van der Waals surface area contributed by atoms with Crippen molar-refractivity contribution in [2.24, 2.45) is 5.73 Å². The molecule has 22 heteroatoms. The fourth-order valence-corrected chi connectivity index (χ4v) is 6.03. The Labute approximate surface area is 219 Å². The molecule has 2 aliphatic rings. The highest BCUT2D eigenvalue weighted by molar-refractivity contribution is 14.1. The summed E-state index contributed by atoms with van der Waals surface area (Å²) in [5, 5.41) is 49.2. The fraction of sp³-hybridized carbons (Fsp3) is 0.733. The van der Waals surface area contributed by atoms with Crippen LogP contribution < -0.4 is 17.0 Å². The molecule has 212 valence electrons. The topological polar surface area (TPSA) is 303 Å². The lowest BCUT2D eigenvalue weighted by molar-refractivity contribution is -0.242. The molecular weight excluding hydrogens is 667 g/mol. The Kier molecular flexibility index (Phi) is 9.88. The standard InChI is InChI=1S/C15H24IN3O16P2/c16-4-1-19(15(26)18-12(4)25)13-11(24)9(22)6(32-13)3-31-36(27,28)35-37(29,30)34-14-7(17)10(23)8(21)5(2-20)33-14/h1,5-11,13-14,20-24H,2-3,17H2,(H,27,28)(H,29,30)(H,18,25,26)/t5-,6-,7-,8+,9-,10-,11-,13-,14-/m1/s1. The molecular formula is C15H24IN3O16P2. The molecule has 37 heavy (non-hydrogen) atoms. The predicted molar refractivity (Wildman–Crippen MR) is 123 cm³/mol. The van der Waals surface area contributed by atoms with Gasteiger partial charge in [0, 0.05) is 6.20 Å². The molecule has 2 saturated heterocycles. The summed E-state index contributed by atoms with van der Waals surface area (Å²) in [6.45, 7) is -1.85. The molecule has 10 N–H and O–H groups in total. The van der Waals surface area contributed by atoms with Crippen LogP contribution in [0.2, 0.25) is 0 Å². The molecule has 3 heterocycles. The number of rotatable bonds is 9. The van der Waals surface area contributed by atoms with Gasteiger partial charge in [-0.15, -0.1) is 0 Å². The van der Waals surface area contributed by atoms with Crippen LogP contribution in [-0.4, -0.2) is 107 Å². The Morgan fingerprint density at radius 3 is 2.27 bits per heavy atom. The van der Waals surface area contributed by atoms with Crippen molar-refractivity contribution >= 4 is 38.2 Å². The van der Waals surface area contributed by atoms with Crippen molar-refractivity contribution in [3.05, 3.63) is 30.6 Å². The number of nitrogens with one attached hydrogen (secondary N) is 1. The number of aromatic nitrogens is 2. The molecule has 2 fully saturated rings. The zero-order chi connectivity index (χ0) is 27.9. The lowest BCUT2D eigenvalue weighted by atomic mass is 9.98. The maximum absolute atomic E-state index is 12.2. The summed E-state index contributed by atoms with van der Waals surface area (Å²) in [5.41, 5.74) is 3.86. The van der Waals surface area contributed by atoms with Gasteiger partial charge in [-0.2, -0.15) is 4.31 Å². The van der Waals surface area contributed by atoms with Crippen LogP contribution >= 0.6 is 38.2 Å². The molecule has 2 aliphatic heterocycles. The SMILES string of the molecule is N[C@H]1[C@@H](OP(=O)(O)OP(=O)(O)OC[C@H]2O[C@@H](n3cc(I)c(=O)[nH]c3=O)[C@H](O)[C@@H]2O)O[C@H](CO)[C@H](O)[C@@H]1O. The van der Waals surface area contributed by atoms with E-state index in [0.717, 1.165) is 10.8 Å². The first-order valence-corrected chi connectivity index (χ1v) is 14.2. The minimum absolute atomic E-state index is 0.0446. The van der Waals surface area contributed by atoms with Crippen LogP contribution in [0.15, 0.2) is 15.8 Å². The monoisotopic (exact) mass is 691 g/mol. The third kappa shape index (κ3) is 7.11. The maximum Gasteiger partial charge on any atom is 0.483 e. The molecule has 1 aromatic heterocycles. The van der Waals surface area contributed by atoms with Crippen LogP contribution in [0.3, 0.4) is 0 Å². The van der Waals surface area contributed by atoms with Gasteiger partial charge < -0.3 is 50.5 Å². The molecule has 19 nitrogen and oxygen atoms in total. The number of halogens is 1. The van der Waals surface area contributed by atoms with Crippen molar-refractivity contribution in [1.29, 1.82) is 0 Å². The van der Waals surface area contributed by atoms with Crippen LogP contribution in [0.5, 0.6) is 0 Å². The lowest BCUT2D eigenvalue weighted by Crippen LogP contribution is -2.62. The van der Waals surface area contributed by atoms with Gasteiger partial charge in [-0.1, -0.05) is 0 Å². The molecule has 0 aromatic carbocycles. The summed E-state index contributed by atoms with van der Waals surface area (Å²) in [7, 11) is -11.0. The molecule has 0 amide bonds. The van der Waals surface area contributed by atoms with E-state index < -0.39 is 95.3 Å². The van der Waals surface area contributed by atoms with E-state index in [1.54, 1.807) is 22.6 Å². The normalized spacial score (nSPS) is 37.7. The fourth-order valence-electron chi connectivity index (χ4n) is 3.42. The zero-order valence-electron chi connectivity index (χ0n) is 18.3. The summed E-state index contributed by atoms with van der Waals surface area (Å²) in [4.78, 5) is 45.2. The minimum Gasteiger partial charge on any atom is -0.394 e. The molecule has 0 bridgehead atoms. The van der Waals surface area contributed by atoms with Crippen molar-refractivity contribution < 1.29 is 67.3 Å². The number of hydrogen-bond donors (Lipinski definition) is 9. The van der Waals surface area contributed by atoms with Gasteiger partial charge in [0.2, 0.25) is 0 Å². The number of H-pyrrole nitrogens is 1. The van der Waals surface area contributed by atoms with Crippen molar-refractivity contribution in [3.8, 4) is 0 Å². The number of nitrogens with zero attached hydrogens (tertiary/aromatic N) is 1. The van der Waals surface area contributed by atoms with Crippen LogP contribution in [0.4, 0.5) is 0 Å². The first-order chi connectivity index (χ1) is 17.1. The zero-order valence-corrected chi connectivity index (χ0v) is 22.2. The largest absolute Gasteiger partial charge is 0.483 e.